The van der Waals surface area contributed by atoms with E-state index >= 15 is 0 Å². The van der Waals surface area contributed by atoms with Crippen molar-refractivity contribution >= 4 is 15.9 Å². The fourth-order valence-electron chi connectivity index (χ4n) is 1.57. The predicted octanol–water partition coefficient (Wildman–Crippen LogP) is 3.34. The highest BCUT2D eigenvalue weighted by atomic mass is 79.9. The van der Waals surface area contributed by atoms with E-state index in [1.54, 1.807) is 6.20 Å². The van der Waals surface area contributed by atoms with Crippen LogP contribution in [-0.2, 0) is 6.54 Å². The van der Waals surface area contributed by atoms with E-state index in [1.807, 2.05) is 10.9 Å². The van der Waals surface area contributed by atoms with Crippen LogP contribution < -0.4 is 4.74 Å². The second-order valence-corrected chi connectivity index (χ2v) is 4.95. The first-order valence-electron chi connectivity index (χ1n) is 5.53. The lowest BCUT2D eigenvalue weighted by Gasteiger charge is -2.09. The molecular weight excluding hydrogens is 280 g/mol. The molecule has 0 N–H and O–H groups in total. The van der Waals surface area contributed by atoms with E-state index in [0.717, 1.165) is 22.3 Å². The van der Waals surface area contributed by atoms with E-state index in [4.69, 9.17) is 4.74 Å². The lowest BCUT2D eigenvalue weighted by Crippen LogP contribution is -2.09. The van der Waals surface area contributed by atoms with E-state index < -0.39 is 0 Å². The van der Waals surface area contributed by atoms with Crippen molar-refractivity contribution in [2.45, 2.75) is 20.4 Å². The molecule has 0 aliphatic carbocycles. The van der Waals surface area contributed by atoms with Crippen molar-refractivity contribution in [3.05, 3.63) is 46.2 Å². The highest BCUT2D eigenvalue weighted by Crippen LogP contribution is 2.19. The Morgan fingerprint density at radius 3 is 2.88 bits per heavy atom. The third-order valence-electron chi connectivity index (χ3n) is 2.52. The molecule has 0 amide bonds. The van der Waals surface area contributed by atoms with Gasteiger partial charge in [-0.2, -0.15) is 5.10 Å². The van der Waals surface area contributed by atoms with Gasteiger partial charge in [0.15, 0.2) is 0 Å². The van der Waals surface area contributed by atoms with Crippen LogP contribution in [-0.4, -0.2) is 16.4 Å². The molecule has 0 bridgehead atoms. The second kappa shape index (κ2) is 5.36. The summed E-state index contributed by atoms with van der Waals surface area (Å²) in [5.41, 5.74) is 2.38. The van der Waals surface area contributed by atoms with E-state index in [1.165, 1.54) is 5.56 Å². The Balaban J connectivity index is 1.91. The normalized spacial score (nSPS) is 10.5. The first-order valence-corrected chi connectivity index (χ1v) is 6.32. The molecule has 0 aliphatic heterocycles. The largest absolute Gasteiger partial charge is 0.491 e. The van der Waals surface area contributed by atoms with Gasteiger partial charge in [-0.25, -0.2) is 0 Å². The summed E-state index contributed by atoms with van der Waals surface area (Å²) >= 11 is 3.37. The van der Waals surface area contributed by atoms with Crippen LogP contribution in [0.5, 0.6) is 5.75 Å². The predicted molar refractivity (Wildman–Crippen MR) is 71.3 cm³/mol. The molecule has 0 unspecified atom stereocenters. The zero-order valence-corrected chi connectivity index (χ0v) is 11.6. The van der Waals surface area contributed by atoms with Gasteiger partial charge < -0.3 is 4.74 Å². The van der Waals surface area contributed by atoms with Gasteiger partial charge in [-0.05, 0) is 47.0 Å². The Kier molecular flexibility index (Phi) is 3.84. The Labute approximate surface area is 110 Å². The fourth-order valence-corrected chi connectivity index (χ4v) is 1.90. The van der Waals surface area contributed by atoms with Crippen LogP contribution in [0.1, 0.15) is 11.1 Å². The Morgan fingerprint density at radius 1 is 1.35 bits per heavy atom. The number of hydrogen-bond donors (Lipinski definition) is 0. The number of aromatic nitrogens is 2. The average Bonchev–Trinajstić information content (AvgIpc) is 2.69. The van der Waals surface area contributed by atoms with Crippen LogP contribution in [0.2, 0.25) is 0 Å². The van der Waals surface area contributed by atoms with Gasteiger partial charge in [-0.3, -0.25) is 4.68 Å². The van der Waals surface area contributed by atoms with Crippen molar-refractivity contribution in [3.8, 4) is 5.75 Å². The Bertz CT molecular complexity index is 508. The number of hydrogen-bond acceptors (Lipinski definition) is 2. The van der Waals surface area contributed by atoms with Crippen LogP contribution in [0.4, 0.5) is 0 Å². The molecule has 0 radical (unpaired) electrons. The SMILES string of the molecule is Cc1ccc(C)c(OCCn2cc(Br)cn2)c1. The van der Waals surface area contributed by atoms with Gasteiger partial charge in [-0.15, -0.1) is 0 Å². The highest BCUT2D eigenvalue weighted by Gasteiger charge is 2.00. The molecule has 0 spiro atoms. The standard InChI is InChI=1S/C13H15BrN2O/c1-10-3-4-11(2)13(7-10)17-6-5-16-9-12(14)8-15-16/h3-4,7-9H,5-6H2,1-2H3. The summed E-state index contributed by atoms with van der Waals surface area (Å²) in [6.45, 7) is 5.49. The molecule has 90 valence electrons. The van der Waals surface area contributed by atoms with Crippen molar-refractivity contribution in [3.63, 3.8) is 0 Å². The van der Waals surface area contributed by atoms with Crippen molar-refractivity contribution in [1.29, 1.82) is 0 Å². The molecule has 0 aliphatic rings. The van der Waals surface area contributed by atoms with E-state index in [0.29, 0.717) is 6.61 Å². The smallest absolute Gasteiger partial charge is 0.122 e. The third kappa shape index (κ3) is 3.33. The molecule has 1 heterocycles. The fraction of sp³-hybridized carbons (Fsp3) is 0.308. The zero-order valence-electron chi connectivity index (χ0n) is 9.98. The van der Waals surface area contributed by atoms with Crippen molar-refractivity contribution in [1.82, 2.24) is 9.78 Å². The summed E-state index contributed by atoms with van der Waals surface area (Å²) in [7, 11) is 0. The molecule has 0 saturated heterocycles. The molecular formula is C13H15BrN2O. The number of nitrogens with zero attached hydrogens (tertiary/aromatic N) is 2. The van der Waals surface area contributed by atoms with E-state index in [9.17, 15) is 0 Å². The maximum atomic E-state index is 5.75. The van der Waals surface area contributed by atoms with Gasteiger partial charge in [0.25, 0.3) is 0 Å². The van der Waals surface area contributed by atoms with Crippen molar-refractivity contribution in [2.24, 2.45) is 0 Å². The van der Waals surface area contributed by atoms with Gasteiger partial charge in [0, 0.05) is 6.20 Å². The van der Waals surface area contributed by atoms with Gasteiger partial charge in [0.05, 0.1) is 17.2 Å². The molecule has 2 rings (SSSR count). The molecule has 3 nitrogen and oxygen atoms in total. The Hall–Kier alpha value is -1.29. The first kappa shape index (κ1) is 12.2. The first-order chi connectivity index (χ1) is 8.15. The summed E-state index contributed by atoms with van der Waals surface area (Å²) in [4.78, 5) is 0. The van der Waals surface area contributed by atoms with E-state index in [2.05, 4.69) is 53.1 Å². The summed E-state index contributed by atoms with van der Waals surface area (Å²) in [6, 6.07) is 6.23. The number of aryl methyl sites for hydroxylation is 2. The second-order valence-electron chi connectivity index (χ2n) is 4.04. The third-order valence-corrected chi connectivity index (χ3v) is 2.93. The molecule has 1 aromatic carbocycles. The minimum atomic E-state index is 0.623. The number of rotatable bonds is 4. The molecule has 17 heavy (non-hydrogen) atoms. The molecule has 0 saturated carbocycles. The lowest BCUT2D eigenvalue weighted by atomic mass is 10.1. The number of halogens is 1. The minimum absolute atomic E-state index is 0.623. The molecule has 2 aromatic rings. The molecule has 1 aromatic heterocycles. The maximum Gasteiger partial charge on any atom is 0.122 e. The van der Waals surface area contributed by atoms with Crippen LogP contribution in [0.25, 0.3) is 0 Å². The maximum absolute atomic E-state index is 5.75. The van der Waals surface area contributed by atoms with Gasteiger partial charge >= 0.3 is 0 Å². The highest BCUT2D eigenvalue weighted by molar-refractivity contribution is 9.10. The summed E-state index contributed by atoms with van der Waals surface area (Å²) in [6.07, 6.45) is 3.71. The zero-order chi connectivity index (χ0) is 12.3. The average molecular weight is 295 g/mol. The van der Waals surface area contributed by atoms with Gasteiger partial charge in [0.2, 0.25) is 0 Å². The monoisotopic (exact) mass is 294 g/mol. The summed E-state index contributed by atoms with van der Waals surface area (Å²) < 4.78 is 8.60. The van der Waals surface area contributed by atoms with Crippen LogP contribution in [0.15, 0.2) is 35.1 Å². The van der Waals surface area contributed by atoms with E-state index in [-0.39, 0.29) is 0 Å². The minimum Gasteiger partial charge on any atom is -0.491 e. The van der Waals surface area contributed by atoms with Gasteiger partial charge in [0.1, 0.15) is 12.4 Å². The molecule has 4 heteroatoms. The molecule has 0 fully saturated rings. The number of ether oxygens (including phenoxy) is 1. The molecule has 0 atom stereocenters. The van der Waals surface area contributed by atoms with Crippen molar-refractivity contribution < 1.29 is 4.74 Å². The quantitative estimate of drug-likeness (QED) is 0.865. The number of benzene rings is 1. The van der Waals surface area contributed by atoms with Crippen LogP contribution in [0.3, 0.4) is 0 Å². The topological polar surface area (TPSA) is 27.1 Å². The van der Waals surface area contributed by atoms with Gasteiger partial charge in [-0.1, -0.05) is 12.1 Å². The van der Waals surface area contributed by atoms with Crippen LogP contribution in [0, 0.1) is 13.8 Å². The summed E-state index contributed by atoms with van der Waals surface area (Å²) in [5.74, 6) is 0.955. The lowest BCUT2D eigenvalue weighted by molar-refractivity contribution is 0.289. The Morgan fingerprint density at radius 2 is 2.18 bits per heavy atom. The summed E-state index contributed by atoms with van der Waals surface area (Å²) in [5, 5.41) is 4.18. The van der Waals surface area contributed by atoms with Crippen molar-refractivity contribution in [2.75, 3.05) is 6.61 Å². The van der Waals surface area contributed by atoms with Crippen LogP contribution >= 0.6 is 15.9 Å².